The molecule has 1 aromatic rings. The number of carboxylic acid groups (broad SMARTS) is 1. The maximum atomic E-state index is 12.9. The Balaban J connectivity index is 3.15. The Labute approximate surface area is 101 Å². The van der Waals surface area contributed by atoms with Crippen LogP contribution in [0.2, 0.25) is 0 Å². The fraction of sp³-hybridized carbons (Fsp3) is 0.462. The van der Waals surface area contributed by atoms with Gasteiger partial charge in [0.2, 0.25) is 0 Å². The number of aliphatic carboxylic acids is 1. The van der Waals surface area contributed by atoms with Gasteiger partial charge in [-0.15, -0.1) is 0 Å². The molecule has 0 heterocycles. The third-order valence-corrected chi connectivity index (χ3v) is 3.15. The molecule has 1 N–H and O–H groups in total. The van der Waals surface area contributed by atoms with Crippen LogP contribution in [0, 0.1) is 5.82 Å². The third kappa shape index (κ3) is 2.64. The van der Waals surface area contributed by atoms with E-state index in [1.807, 2.05) is 6.92 Å². The van der Waals surface area contributed by atoms with Crippen molar-refractivity contribution >= 4 is 5.97 Å². The summed E-state index contributed by atoms with van der Waals surface area (Å²) in [7, 11) is 1.76. The molecule has 4 heteroatoms. The topological polar surface area (TPSA) is 40.5 Å². The summed E-state index contributed by atoms with van der Waals surface area (Å²) in [6.07, 6.45) is 0.862. The van der Waals surface area contributed by atoms with Gasteiger partial charge in [0.25, 0.3) is 0 Å². The van der Waals surface area contributed by atoms with Gasteiger partial charge in [-0.3, -0.25) is 4.90 Å². The highest BCUT2D eigenvalue weighted by atomic mass is 19.1. The van der Waals surface area contributed by atoms with Crippen LogP contribution in [-0.2, 0) is 10.3 Å². The van der Waals surface area contributed by atoms with Gasteiger partial charge in [0.15, 0.2) is 0 Å². The molecule has 0 fully saturated rings. The minimum Gasteiger partial charge on any atom is -0.480 e. The minimum atomic E-state index is -1.12. The lowest BCUT2D eigenvalue weighted by Gasteiger charge is -2.35. The summed E-state index contributed by atoms with van der Waals surface area (Å²) >= 11 is 0. The molecule has 17 heavy (non-hydrogen) atoms. The van der Waals surface area contributed by atoms with Gasteiger partial charge in [-0.1, -0.05) is 19.1 Å². The van der Waals surface area contributed by atoms with Crippen molar-refractivity contribution in [3.05, 3.63) is 35.6 Å². The van der Waals surface area contributed by atoms with Gasteiger partial charge in [0, 0.05) is 0 Å². The molecule has 1 atom stereocenters. The number of hydrogen-bond donors (Lipinski definition) is 1. The first-order chi connectivity index (χ1) is 7.92. The molecule has 3 nitrogen and oxygen atoms in total. The highest BCUT2D eigenvalue weighted by Gasteiger charge is 2.38. The monoisotopic (exact) mass is 239 g/mol. The summed E-state index contributed by atoms with van der Waals surface area (Å²) in [4.78, 5) is 13.3. The molecule has 1 aromatic carbocycles. The molecule has 0 saturated heterocycles. The van der Waals surface area contributed by atoms with E-state index in [4.69, 9.17) is 0 Å². The molecule has 0 aliphatic carbocycles. The van der Waals surface area contributed by atoms with Crippen molar-refractivity contribution in [2.45, 2.75) is 25.8 Å². The summed E-state index contributed by atoms with van der Waals surface area (Å²) in [5.74, 6) is -1.29. The number of benzene rings is 1. The van der Waals surface area contributed by atoms with Crippen LogP contribution in [0.4, 0.5) is 4.39 Å². The van der Waals surface area contributed by atoms with E-state index in [2.05, 4.69) is 0 Å². The summed E-state index contributed by atoms with van der Waals surface area (Å²) in [6, 6.07) is 5.62. The third-order valence-electron chi connectivity index (χ3n) is 3.15. The Kier molecular flexibility index (Phi) is 4.23. The molecular formula is C13H18FNO2. The first-order valence-electron chi connectivity index (χ1n) is 5.63. The van der Waals surface area contributed by atoms with Crippen LogP contribution in [0.5, 0.6) is 0 Å². The standard InChI is InChI=1S/C13H18FNO2/c1-4-9-15(3)13(2,12(16)17)10-5-7-11(14)8-6-10/h5-8H,4,9H2,1-3H3,(H,16,17). The molecule has 0 amide bonds. The Morgan fingerprint density at radius 1 is 1.41 bits per heavy atom. The van der Waals surface area contributed by atoms with Crippen molar-refractivity contribution in [3.63, 3.8) is 0 Å². The number of rotatable bonds is 5. The molecular weight excluding hydrogens is 221 g/mol. The van der Waals surface area contributed by atoms with Crippen LogP contribution < -0.4 is 0 Å². The van der Waals surface area contributed by atoms with Crippen LogP contribution in [0.15, 0.2) is 24.3 Å². The first kappa shape index (κ1) is 13.6. The van der Waals surface area contributed by atoms with E-state index in [-0.39, 0.29) is 5.82 Å². The molecule has 0 saturated carbocycles. The van der Waals surface area contributed by atoms with Crippen molar-refractivity contribution in [2.75, 3.05) is 13.6 Å². The molecule has 1 rings (SSSR count). The quantitative estimate of drug-likeness (QED) is 0.858. The summed E-state index contributed by atoms with van der Waals surface area (Å²) < 4.78 is 12.9. The number of nitrogens with zero attached hydrogens (tertiary/aromatic N) is 1. The van der Waals surface area contributed by atoms with E-state index in [1.165, 1.54) is 24.3 Å². The maximum absolute atomic E-state index is 12.9. The molecule has 0 aliphatic rings. The van der Waals surface area contributed by atoms with Crippen molar-refractivity contribution in [1.82, 2.24) is 4.90 Å². The normalized spacial score (nSPS) is 14.6. The van der Waals surface area contributed by atoms with Gasteiger partial charge < -0.3 is 5.11 Å². The molecule has 1 unspecified atom stereocenters. The Bertz CT molecular complexity index is 391. The van der Waals surface area contributed by atoms with E-state index in [9.17, 15) is 14.3 Å². The second kappa shape index (κ2) is 5.27. The zero-order valence-corrected chi connectivity index (χ0v) is 10.4. The minimum absolute atomic E-state index is 0.361. The van der Waals surface area contributed by atoms with Crippen molar-refractivity contribution < 1.29 is 14.3 Å². The maximum Gasteiger partial charge on any atom is 0.328 e. The lowest BCUT2D eigenvalue weighted by molar-refractivity contribution is -0.150. The van der Waals surface area contributed by atoms with Gasteiger partial charge >= 0.3 is 5.97 Å². The number of carbonyl (C=O) groups is 1. The van der Waals surface area contributed by atoms with Crippen LogP contribution in [0.3, 0.4) is 0 Å². The average molecular weight is 239 g/mol. The zero-order valence-electron chi connectivity index (χ0n) is 10.4. The summed E-state index contributed by atoms with van der Waals surface area (Å²) in [5.41, 5.74) is -0.536. The highest BCUT2D eigenvalue weighted by molar-refractivity contribution is 5.80. The lowest BCUT2D eigenvalue weighted by Crippen LogP contribution is -2.48. The van der Waals surface area contributed by atoms with Crippen molar-refractivity contribution in [1.29, 1.82) is 0 Å². The van der Waals surface area contributed by atoms with Crippen LogP contribution in [0.1, 0.15) is 25.8 Å². The van der Waals surface area contributed by atoms with Gasteiger partial charge in [-0.25, -0.2) is 9.18 Å². The second-order valence-corrected chi connectivity index (χ2v) is 4.31. The number of halogens is 1. The predicted molar refractivity (Wildman–Crippen MR) is 64.3 cm³/mol. The van der Waals surface area contributed by atoms with E-state index >= 15 is 0 Å². The smallest absolute Gasteiger partial charge is 0.328 e. The van der Waals surface area contributed by atoms with Gasteiger partial charge in [-0.05, 0) is 44.6 Å². The Morgan fingerprint density at radius 2 is 1.94 bits per heavy atom. The number of likely N-dealkylation sites (N-methyl/N-ethyl adjacent to an activating group) is 1. The lowest BCUT2D eigenvalue weighted by atomic mass is 9.90. The fourth-order valence-electron chi connectivity index (χ4n) is 1.84. The highest BCUT2D eigenvalue weighted by Crippen LogP contribution is 2.27. The number of hydrogen-bond acceptors (Lipinski definition) is 2. The van der Waals surface area contributed by atoms with Gasteiger partial charge in [0.05, 0.1) is 0 Å². The number of carboxylic acids is 1. The molecule has 0 bridgehead atoms. The van der Waals surface area contributed by atoms with Gasteiger partial charge in [0.1, 0.15) is 11.4 Å². The molecule has 0 aliphatic heterocycles. The molecule has 94 valence electrons. The Hall–Kier alpha value is -1.42. The first-order valence-corrected chi connectivity index (χ1v) is 5.63. The Morgan fingerprint density at radius 3 is 2.35 bits per heavy atom. The predicted octanol–water partition coefficient (Wildman–Crippen LogP) is 2.47. The van der Waals surface area contributed by atoms with E-state index in [0.717, 1.165) is 6.42 Å². The second-order valence-electron chi connectivity index (χ2n) is 4.31. The van der Waals surface area contributed by atoms with Crippen LogP contribution >= 0.6 is 0 Å². The molecule has 0 radical (unpaired) electrons. The fourth-order valence-corrected chi connectivity index (χ4v) is 1.84. The van der Waals surface area contributed by atoms with E-state index < -0.39 is 11.5 Å². The van der Waals surface area contributed by atoms with Crippen LogP contribution in [-0.4, -0.2) is 29.6 Å². The average Bonchev–Trinajstić information content (AvgIpc) is 2.29. The molecule has 0 spiro atoms. The SMILES string of the molecule is CCCN(C)C(C)(C(=O)O)c1ccc(F)cc1. The summed E-state index contributed by atoms with van der Waals surface area (Å²) in [6.45, 7) is 4.29. The largest absolute Gasteiger partial charge is 0.480 e. The molecule has 0 aromatic heterocycles. The van der Waals surface area contributed by atoms with E-state index in [0.29, 0.717) is 12.1 Å². The van der Waals surface area contributed by atoms with E-state index in [1.54, 1.807) is 18.9 Å². The van der Waals surface area contributed by atoms with Crippen molar-refractivity contribution in [3.8, 4) is 0 Å². The zero-order chi connectivity index (χ0) is 13.1. The van der Waals surface area contributed by atoms with Crippen LogP contribution in [0.25, 0.3) is 0 Å². The van der Waals surface area contributed by atoms with Crippen molar-refractivity contribution in [2.24, 2.45) is 0 Å². The van der Waals surface area contributed by atoms with Gasteiger partial charge in [-0.2, -0.15) is 0 Å². The summed E-state index contributed by atoms with van der Waals surface area (Å²) in [5, 5.41) is 9.42.